The zero-order chi connectivity index (χ0) is 13.8. The van der Waals surface area contributed by atoms with Crippen LogP contribution in [0.15, 0.2) is 17.0 Å². The smallest absolute Gasteiger partial charge is 0.215 e. The Bertz CT molecular complexity index is 500. The molecule has 1 aromatic carbocycles. The van der Waals surface area contributed by atoms with Crippen LogP contribution in [0.2, 0.25) is 15.1 Å². The number of hydrogen-bond donors (Lipinski definition) is 1. The van der Waals surface area contributed by atoms with Gasteiger partial charge in [0.25, 0.3) is 0 Å². The van der Waals surface area contributed by atoms with E-state index in [1.54, 1.807) is 12.1 Å². The molecule has 0 bridgehead atoms. The summed E-state index contributed by atoms with van der Waals surface area (Å²) in [4.78, 5) is 0.715. The van der Waals surface area contributed by atoms with Crippen molar-refractivity contribution in [2.45, 2.75) is 11.8 Å². The van der Waals surface area contributed by atoms with E-state index in [1.165, 1.54) is 16.9 Å². The summed E-state index contributed by atoms with van der Waals surface area (Å²) in [6.45, 7) is 2.35. The number of benzene rings is 1. The van der Waals surface area contributed by atoms with Crippen LogP contribution in [0.4, 0.5) is 0 Å². The van der Waals surface area contributed by atoms with Crippen LogP contribution < -0.4 is 5.09 Å². The van der Waals surface area contributed by atoms with Crippen molar-refractivity contribution in [2.75, 3.05) is 6.61 Å². The van der Waals surface area contributed by atoms with Crippen molar-refractivity contribution in [3.05, 3.63) is 27.2 Å². The van der Waals surface area contributed by atoms with E-state index >= 15 is 0 Å². The molecule has 18 heavy (non-hydrogen) atoms. The number of thiocarbonyl (C=S) groups is 1. The van der Waals surface area contributed by atoms with Gasteiger partial charge in [0, 0.05) is 4.90 Å². The molecular formula is C9H9Cl3NOPS3. The molecule has 0 heterocycles. The third-order valence-corrected chi connectivity index (χ3v) is 8.49. The third kappa shape index (κ3) is 4.50. The summed E-state index contributed by atoms with van der Waals surface area (Å²) in [7, 11) is 0. The Labute approximate surface area is 136 Å². The highest BCUT2D eigenvalue weighted by Crippen LogP contribution is 2.61. The van der Waals surface area contributed by atoms with E-state index in [4.69, 9.17) is 63.4 Å². The van der Waals surface area contributed by atoms with E-state index in [2.05, 4.69) is 5.09 Å². The van der Waals surface area contributed by atoms with Crippen molar-refractivity contribution >= 4 is 81.3 Å². The predicted molar refractivity (Wildman–Crippen MR) is 90.0 cm³/mol. The van der Waals surface area contributed by atoms with Gasteiger partial charge < -0.3 is 9.61 Å². The maximum atomic E-state index is 6.12. The van der Waals surface area contributed by atoms with Crippen LogP contribution in [-0.4, -0.2) is 12.1 Å². The molecule has 0 aromatic heterocycles. The van der Waals surface area contributed by atoms with Crippen LogP contribution in [0.3, 0.4) is 0 Å². The standard InChI is InChI=1S/C9H9Cl3NOPS3/c1-2-14-15(17,13-5-16)18-7-4-3-6(10)8(11)9(7)12/h3-5H,2H2,1H3,(H,13,16,17). The van der Waals surface area contributed by atoms with E-state index in [-0.39, 0.29) is 0 Å². The van der Waals surface area contributed by atoms with E-state index in [0.717, 1.165) is 0 Å². The second-order valence-electron chi connectivity index (χ2n) is 2.93. The molecule has 0 aliphatic rings. The highest BCUT2D eigenvalue weighted by molar-refractivity contribution is 8.69. The van der Waals surface area contributed by atoms with Gasteiger partial charge in [-0.25, -0.2) is 0 Å². The highest BCUT2D eigenvalue weighted by atomic mass is 35.5. The van der Waals surface area contributed by atoms with Gasteiger partial charge in [0.15, 0.2) is 0 Å². The summed E-state index contributed by atoms with van der Waals surface area (Å²) in [5.41, 5.74) is -0.993. The zero-order valence-corrected chi connectivity index (χ0v) is 14.8. The van der Waals surface area contributed by atoms with Crippen molar-refractivity contribution in [3.8, 4) is 0 Å². The first kappa shape index (κ1) is 17.0. The lowest BCUT2D eigenvalue weighted by Gasteiger charge is -2.20. The Balaban J connectivity index is 3.05. The van der Waals surface area contributed by atoms with Crippen LogP contribution in [0.25, 0.3) is 0 Å². The van der Waals surface area contributed by atoms with Gasteiger partial charge >= 0.3 is 0 Å². The number of hydrogen-bond acceptors (Lipinski definition) is 4. The van der Waals surface area contributed by atoms with Gasteiger partial charge in [-0.1, -0.05) is 47.0 Å². The number of rotatable bonds is 6. The summed E-state index contributed by atoms with van der Waals surface area (Å²) < 4.78 is 5.54. The molecule has 0 saturated carbocycles. The molecule has 100 valence electrons. The number of halogens is 3. The Hall–Kier alpha value is 0.940. The maximum absolute atomic E-state index is 6.12. The molecule has 1 atom stereocenters. The summed E-state index contributed by atoms with van der Waals surface area (Å²) >= 11 is 29.5. The molecule has 0 amide bonds. The maximum Gasteiger partial charge on any atom is 0.215 e. The molecule has 0 radical (unpaired) electrons. The molecule has 0 spiro atoms. The fourth-order valence-electron chi connectivity index (χ4n) is 1.03. The molecule has 0 aliphatic carbocycles. The molecule has 2 nitrogen and oxygen atoms in total. The lowest BCUT2D eigenvalue weighted by molar-refractivity contribution is 0.383. The van der Waals surface area contributed by atoms with Crippen molar-refractivity contribution < 1.29 is 4.52 Å². The number of nitrogens with one attached hydrogen (secondary N) is 1. The second-order valence-corrected chi connectivity index (χ2v) is 10.8. The van der Waals surface area contributed by atoms with E-state index in [0.29, 0.717) is 26.6 Å². The van der Waals surface area contributed by atoms with Gasteiger partial charge in [-0.05, 0) is 42.2 Å². The predicted octanol–water partition coefficient (Wildman–Crippen LogP) is 5.55. The third-order valence-electron chi connectivity index (χ3n) is 1.73. The van der Waals surface area contributed by atoms with Gasteiger partial charge in [-0.2, -0.15) is 0 Å². The van der Waals surface area contributed by atoms with Crippen molar-refractivity contribution in [1.29, 1.82) is 0 Å². The molecule has 1 N–H and O–H groups in total. The van der Waals surface area contributed by atoms with Crippen molar-refractivity contribution in [3.63, 3.8) is 0 Å². The SMILES string of the molecule is CCOP(=S)(NC=S)Sc1ccc(Cl)c(Cl)c1Cl. The Kier molecular flexibility index (Phi) is 7.22. The largest absolute Gasteiger partial charge is 0.327 e. The van der Waals surface area contributed by atoms with Crippen molar-refractivity contribution in [1.82, 2.24) is 5.09 Å². The second kappa shape index (κ2) is 7.65. The summed E-state index contributed by atoms with van der Waals surface area (Å²) in [6, 6.07) is 3.42. The average molecular weight is 381 g/mol. The minimum atomic E-state index is -2.35. The molecule has 1 unspecified atom stereocenters. The fraction of sp³-hybridized carbons (Fsp3) is 0.222. The highest BCUT2D eigenvalue weighted by Gasteiger charge is 2.21. The first-order valence-electron chi connectivity index (χ1n) is 4.72. The lowest BCUT2D eigenvalue weighted by atomic mass is 10.4. The summed E-state index contributed by atoms with van der Waals surface area (Å²) in [5.74, 6) is 0. The Morgan fingerprint density at radius 1 is 1.39 bits per heavy atom. The van der Waals surface area contributed by atoms with Gasteiger partial charge in [0.1, 0.15) is 0 Å². The van der Waals surface area contributed by atoms with Gasteiger partial charge in [0.05, 0.1) is 27.2 Å². The van der Waals surface area contributed by atoms with Gasteiger partial charge in [0.2, 0.25) is 5.62 Å². The molecule has 1 aromatic rings. The first-order valence-corrected chi connectivity index (χ1v) is 10.5. The topological polar surface area (TPSA) is 21.3 Å². The van der Waals surface area contributed by atoms with Crippen LogP contribution >= 0.6 is 64.0 Å². The minimum absolute atomic E-state index is 0.309. The van der Waals surface area contributed by atoms with Crippen LogP contribution in [0.5, 0.6) is 0 Å². The van der Waals surface area contributed by atoms with Gasteiger partial charge in [-0.3, -0.25) is 0 Å². The molecule has 0 aliphatic heterocycles. The van der Waals surface area contributed by atoms with E-state index < -0.39 is 5.62 Å². The van der Waals surface area contributed by atoms with Crippen LogP contribution in [0, 0.1) is 0 Å². The molecular weight excluding hydrogens is 372 g/mol. The van der Waals surface area contributed by atoms with E-state index in [1.807, 2.05) is 6.92 Å². The summed E-state index contributed by atoms with van der Waals surface area (Å²) in [6.07, 6.45) is 0. The molecule has 1 rings (SSSR count). The summed E-state index contributed by atoms with van der Waals surface area (Å²) in [5, 5.41) is 3.97. The quantitative estimate of drug-likeness (QED) is 0.396. The van der Waals surface area contributed by atoms with Crippen LogP contribution in [-0.2, 0) is 16.3 Å². The van der Waals surface area contributed by atoms with Crippen molar-refractivity contribution in [2.24, 2.45) is 0 Å². The molecule has 0 fully saturated rings. The monoisotopic (exact) mass is 379 g/mol. The van der Waals surface area contributed by atoms with E-state index in [9.17, 15) is 0 Å². The normalized spacial score (nSPS) is 14.0. The molecule has 0 saturated heterocycles. The Morgan fingerprint density at radius 3 is 2.61 bits per heavy atom. The zero-order valence-electron chi connectivity index (χ0n) is 9.15. The van der Waals surface area contributed by atoms with Gasteiger partial charge in [-0.15, -0.1) is 0 Å². The average Bonchev–Trinajstić information content (AvgIpc) is 2.31. The van der Waals surface area contributed by atoms with Crippen LogP contribution in [0.1, 0.15) is 6.92 Å². The fourth-order valence-corrected chi connectivity index (χ4v) is 7.19. The first-order chi connectivity index (χ1) is 8.43. The Morgan fingerprint density at radius 2 is 2.06 bits per heavy atom. The minimum Gasteiger partial charge on any atom is -0.327 e. The lowest BCUT2D eigenvalue weighted by Crippen LogP contribution is -2.06. The molecule has 9 heteroatoms.